The Hall–Kier alpha value is -1.24. The summed E-state index contributed by atoms with van der Waals surface area (Å²) in [5.41, 5.74) is 1.98. The van der Waals surface area contributed by atoms with E-state index in [2.05, 4.69) is 0 Å². The van der Waals surface area contributed by atoms with E-state index < -0.39 is 41.0 Å². The normalized spacial score (nSPS) is 14.8. The highest BCUT2D eigenvalue weighted by molar-refractivity contribution is 5.41. The number of nitrogens with two attached hydrogens (primary N) is 1. The van der Waals surface area contributed by atoms with Gasteiger partial charge >= 0.3 is 12.4 Å². The Morgan fingerprint density at radius 2 is 1.26 bits per heavy atom. The van der Waals surface area contributed by atoms with Gasteiger partial charge in [-0.05, 0) is 23.6 Å². The SMILES string of the molecule is CC(C)C(N)c1c(C(F)(F)F)cccc1C(F)(F)F. The molecular weight excluding hydrogens is 272 g/mol. The summed E-state index contributed by atoms with van der Waals surface area (Å²) >= 11 is 0. The number of hydrogen-bond donors (Lipinski definition) is 1. The molecule has 0 amide bonds. The van der Waals surface area contributed by atoms with Gasteiger partial charge in [0, 0.05) is 6.04 Å². The summed E-state index contributed by atoms with van der Waals surface area (Å²) in [7, 11) is 0. The third-order valence-corrected chi connectivity index (χ3v) is 2.77. The van der Waals surface area contributed by atoms with Crippen LogP contribution in [0.5, 0.6) is 0 Å². The van der Waals surface area contributed by atoms with Crippen LogP contribution in [0.15, 0.2) is 18.2 Å². The molecule has 0 saturated carbocycles. The van der Waals surface area contributed by atoms with Gasteiger partial charge < -0.3 is 5.73 Å². The van der Waals surface area contributed by atoms with E-state index in [1.807, 2.05) is 0 Å². The molecular formula is C12H13F6N. The molecule has 108 valence electrons. The summed E-state index contributed by atoms with van der Waals surface area (Å²) in [6.45, 7) is 2.94. The largest absolute Gasteiger partial charge is 0.416 e. The second-order valence-electron chi connectivity index (χ2n) is 4.53. The van der Waals surface area contributed by atoms with Gasteiger partial charge in [-0.2, -0.15) is 26.3 Å². The van der Waals surface area contributed by atoms with Gasteiger partial charge in [0.05, 0.1) is 11.1 Å². The molecule has 0 saturated heterocycles. The average Bonchev–Trinajstić information content (AvgIpc) is 2.24. The fourth-order valence-corrected chi connectivity index (χ4v) is 1.75. The highest BCUT2D eigenvalue weighted by Crippen LogP contribution is 2.42. The smallest absolute Gasteiger partial charge is 0.324 e. The van der Waals surface area contributed by atoms with Crippen molar-refractivity contribution >= 4 is 0 Å². The topological polar surface area (TPSA) is 26.0 Å². The Kier molecular flexibility index (Phi) is 4.19. The number of rotatable bonds is 2. The molecule has 1 nitrogen and oxygen atoms in total. The van der Waals surface area contributed by atoms with E-state index in [0.717, 1.165) is 6.07 Å². The van der Waals surface area contributed by atoms with Gasteiger partial charge in [0.1, 0.15) is 0 Å². The standard InChI is InChI=1S/C12H13F6N/c1-6(2)10(19)9-7(11(13,14)15)4-3-5-8(9)12(16,17)18/h3-6,10H,19H2,1-2H3. The lowest BCUT2D eigenvalue weighted by Crippen LogP contribution is -2.26. The van der Waals surface area contributed by atoms with Gasteiger partial charge in [0.2, 0.25) is 0 Å². The summed E-state index contributed by atoms with van der Waals surface area (Å²) in [5, 5.41) is 0. The maximum absolute atomic E-state index is 12.8. The molecule has 0 aliphatic carbocycles. The van der Waals surface area contributed by atoms with E-state index in [4.69, 9.17) is 5.73 Å². The van der Waals surface area contributed by atoms with Gasteiger partial charge in [-0.25, -0.2) is 0 Å². The molecule has 0 aliphatic heterocycles. The van der Waals surface area contributed by atoms with Crippen LogP contribution >= 0.6 is 0 Å². The second kappa shape index (κ2) is 5.03. The minimum absolute atomic E-state index is 0.551. The van der Waals surface area contributed by atoms with Crippen LogP contribution in [0.25, 0.3) is 0 Å². The minimum atomic E-state index is -4.87. The van der Waals surface area contributed by atoms with Gasteiger partial charge in [0.15, 0.2) is 0 Å². The average molecular weight is 285 g/mol. The lowest BCUT2D eigenvalue weighted by Gasteiger charge is -2.25. The van der Waals surface area contributed by atoms with Crippen molar-refractivity contribution in [3.63, 3.8) is 0 Å². The van der Waals surface area contributed by atoms with Crippen LogP contribution in [-0.4, -0.2) is 0 Å². The van der Waals surface area contributed by atoms with Crippen molar-refractivity contribution in [3.8, 4) is 0 Å². The molecule has 1 atom stereocenters. The monoisotopic (exact) mass is 285 g/mol. The Morgan fingerprint density at radius 3 is 1.53 bits per heavy atom. The Labute approximate surface area is 106 Å². The van der Waals surface area contributed by atoms with Crippen molar-refractivity contribution in [3.05, 3.63) is 34.9 Å². The molecule has 0 spiro atoms. The zero-order valence-corrected chi connectivity index (χ0v) is 10.2. The van der Waals surface area contributed by atoms with Crippen LogP contribution in [0.3, 0.4) is 0 Å². The van der Waals surface area contributed by atoms with E-state index in [1.165, 1.54) is 13.8 Å². The summed E-state index contributed by atoms with van der Waals surface area (Å²) in [5.74, 6) is -0.551. The molecule has 0 aromatic heterocycles. The van der Waals surface area contributed by atoms with Crippen LogP contribution in [0.2, 0.25) is 0 Å². The molecule has 0 heterocycles. The predicted molar refractivity (Wildman–Crippen MR) is 58.2 cm³/mol. The summed E-state index contributed by atoms with van der Waals surface area (Å²) in [6, 6.07) is 0.636. The van der Waals surface area contributed by atoms with Gasteiger partial charge in [-0.3, -0.25) is 0 Å². The molecule has 1 aromatic rings. The third-order valence-electron chi connectivity index (χ3n) is 2.77. The van der Waals surface area contributed by atoms with Gasteiger partial charge in [-0.15, -0.1) is 0 Å². The molecule has 1 unspecified atom stereocenters. The van der Waals surface area contributed by atoms with Crippen LogP contribution in [0.1, 0.15) is 36.6 Å². The van der Waals surface area contributed by atoms with E-state index >= 15 is 0 Å². The lowest BCUT2D eigenvalue weighted by atomic mass is 9.88. The molecule has 1 rings (SSSR count). The van der Waals surface area contributed by atoms with Crippen molar-refractivity contribution < 1.29 is 26.3 Å². The summed E-state index contributed by atoms with van der Waals surface area (Å²) in [6.07, 6.45) is -9.74. The van der Waals surface area contributed by atoms with E-state index in [9.17, 15) is 26.3 Å². The molecule has 1 aromatic carbocycles. The highest BCUT2D eigenvalue weighted by Gasteiger charge is 2.42. The van der Waals surface area contributed by atoms with Crippen molar-refractivity contribution in [2.75, 3.05) is 0 Å². The fourth-order valence-electron chi connectivity index (χ4n) is 1.75. The first-order valence-electron chi connectivity index (χ1n) is 5.49. The quantitative estimate of drug-likeness (QED) is 0.802. The van der Waals surface area contributed by atoms with Crippen molar-refractivity contribution in [1.29, 1.82) is 0 Å². The molecule has 0 aliphatic rings. The maximum Gasteiger partial charge on any atom is 0.416 e. The molecule has 0 radical (unpaired) electrons. The Bertz CT molecular complexity index is 414. The maximum atomic E-state index is 12.8. The molecule has 2 N–H and O–H groups in total. The summed E-state index contributed by atoms with van der Waals surface area (Å²) in [4.78, 5) is 0. The fraction of sp³-hybridized carbons (Fsp3) is 0.500. The third kappa shape index (κ3) is 3.40. The summed E-state index contributed by atoms with van der Waals surface area (Å²) < 4.78 is 76.9. The van der Waals surface area contributed by atoms with Crippen molar-refractivity contribution in [2.45, 2.75) is 32.2 Å². The second-order valence-corrected chi connectivity index (χ2v) is 4.53. The molecule has 7 heteroatoms. The first kappa shape index (κ1) is 15.8. The molecule has 0 fully saturated rings. The Morgan fingerprint density at radius 1 is 0.895 bits per heavy atom. The zero-order valence-electron chi connectivity index (χ0n) is 10.2. The molecule has 19 heavy (non-hydrogen) atoms. The van der Waals surface area contributed by atoms with E-state index in [0.29, 0.717) is 12.1 Å². The van der Waals surface area contributed by atoms with Crippen LogP contribution in [0.4, 0.5) is 26.3 Å². The number of alkyl halides is 6. The molecule has 0 bridgehead atoms. The minimum Gasteiger partial charge on any atom is -0.324 e. The predicted octanol–water partition coefficient (Wildman–Crippen LogP) is 4.38. The Balaban J connectivity index is 3.60. The lowest BCUT2D eigenvalue weighted by molar-refractivity contribution is -0.144. The first-order valence-corrected chi connectivity index (χ1v) is 5.49. The first-order chi connectivity index (χ1) is 8.46. The van der Waals surface area contributed by atoms with Crippen molar-refractivity contribution in [2.24, 2.45) is 11.7 Å². The van der Waals surface area contributed by atoms with Crippen molar-refractivity contribution in [1.82, 2.24) is 0 Å². The highest BCUT2D eigenvalue weighted by atomic mass is 19.4. The zero-order chi connectivity index (χ0) is 15.0. The van der Waals surface area contributed by atoms with Crippen LogP contribution in [-0.2, 0) is 12.4 Å². The van der Waals surface area contributed by atoms with E-state index in [-0.39, 0.29) is 0 Å². The number of hydrogen-bond acceptors (Lipinski definition) is 1. The van der Waals surface area contributed by atoms with Crippen LogP contribution in [0, 0.1) is 5.92 Å². The van der Waals surface area contributed by atoms with Gasteiger partial charge in [0.25, 0.3) is 0 Å². The van der Waals surface area contributed by atoms with E-state index in [1.54, 1.807) is 0 Å². The van der Waals surface area contributed by atoms with Gasteiger partial charge in [-0.1, -0.05) is 19.9 Å². The van der Waals surface area contributed by atoms with Crippen LogP contribution < -0.4 is 5.73 Å². The number of benzene rings is 1. The number of halogens is 6.